The van der Waals surface area contributed by atoms with E-state index in [-0.39, 0.29) is 19.3 Å². The second-order valence-electron chi connectivity index (χ2n) is 4.01. The maximum Gasteiger partial charge on any atom is 0.333 e. The topological polar surface area (TPSA) is 112 Å². The van der Waals surface area contributed by atoms with Gasteiger partial charge < -0.3 is 15.3 Å². The highest BCUT2D eigenvalue weighted by molar-refractivity contribution is 6.17. The average Bonchev–Trinajstić information content (AvgIpc) is 2.24. The maximum absolute atomic E-state index is 11.3. The van der Waals surface area contributed by atoms with Crippen molar-refractivity contribution in [3.8, 4) is 0 Å². The lowest BCUT2D eigenvalue weighted by molar-refractivity contribution is -0.189. The van der Waals surface area contributed by atoms with Crippen molar-refractivity contribution in [2.24, 2.45) is 10.8 Å². The van der Waals surface area contributed by atoms with E-state index < -0.39 is 28.7 Å². The molecule has 0 fully saturated rings. The van der Waals surface area contributed by atoms with Crippen LogP contribution in [-0.2, 0) is 14.4 Å². The van der Waals surface area contributed by atoms with Crippen LogP contribution in [-0.4, -0.2) is 33.2 Å². The third-order valence-electron chi connectivity index (χ3n) is 3.79. The zero-order valence-corrected chi connectivity index (χ0v) is 10.2. The molecule has 0 radical (unpaired) electrons. The summed E-state index contributed by atoms with van der Waals surface area (Å²) >= 11 is 0. The molecule has 0 aromatic carbocycles. The van der Waals surface area contributed by atoms with E-state index in [1.165, 1.54) is 0 Å². The lowest BCUT2D eigenvalue weighted by atomic mass is 9.58. The van der Waals surface area contributed by atoms with Gasteiger partial charge in [0, 0.05) is 5.41 Å². The van der Waals surface area contributed by atoms with Gasteiger partial charge in [-0.1, -0.05) is 20.8 Å². The fourth-order valence-corrected chi connectivity index (χ4v) is 2.50. The van der Waals surface area contributed by atoms with E-state index in [9.17, 15) is 14.4 Å². The minimum atomic E-state index is -2.79. The second-order valence-corrected chi connectivity index (χ2v) is 4.01. The first-order valence-electron chi connectivity index (χ1n) is 5.47. The van der Waals surface area contributed by atoms with E-state index in [0.717, 1.165) is 0 Å². The normalized spacial score (nSPS) is 12.2. The molecule has 6 heteroatoms. The molecule has 98 valence electrons. The second kappa shape index (κ2) is 5.16. The quantitative estimate of drug-likeness (QED) is 0.586. The minimum absolute atomic E-state index is 0.172. The van der Waals surface area contributed by atoms with Crippen molar-refractivity contribution in [2.45, 2.75) is 40.0 Å². The Morgan fingerprint density at radius 2 is 1.00 bits per heavy atom. The highest BCUT2D eigenvalue weighted by Gasteiger charge is 2.66. The number of carboxylic acid groups (broad SMARTS) is 3. The van der Waals surface area contributed by atoms with Crippen molar-refractivity contribution >= 4 is 17.9 Å². The molecule has 0 aliphatic carbocycles. The summed E-state index contributed by atoms with van der Waals surface area (Å²) in [5.74, 6) is -5.45. The van der Waals surface area contributed by atoms with Crippen molar-refractivity contribution in [1.29, 1.82) is 0 Å². The molecule has 0 saturated heterocycles. The van der Waals surface area contributed by atoms with E-state index >= 15 is 0 Å². The van der Waals surface area contributed by atoms with Crippen LogP contribution in [0, 0.1) is 10.8 Å². The van der Waals surface area contributed by atoms with Crippen LogP contribution in [0.25, 0.3) is 0 Å². The molecule has 3 N–H and O–H groups in total. The molecule has 0 amide bonds. The number of hydrogen-bond acceptors (Lipinski definition) is 3. The van der Waals surface area contributed by atoms with Crippen LogP contribution in [0.1, 0.15) is 40.0 Å². The van der Waals surface area contributed by atoms with Crippen molar-refractivity contribution in [3.63, 3.8) is 0 Å². The Morgan fingerprint density at radius 1 is 0.765 bits per heavy atom. The van der Waals surface area contributed by atoms with Crippen molar-refractivity contribution in [1.82, 2.24) is 0 Å². The van der Waals surface area contributed by atoms with E-state index in [4.69, 9.17) is 15.3 Å². The predicted molar refractivity (Wildman–Crippen MR) is 58.6 cm³/mol. The van der Waals surface area contributed by atoms with Crippen molar-refractivity contribution in [3.05, 3.63) is 0 Å². The van der Waals surface area contributed by atoms with Gasteiger partial charge >= 0.3 is 17.9 Å². The SMILES string of the molecule is CCC(CC)(CC)C(C(=O)O)(C(=O)O)C(=O)O. The highest BCUT2D eigenvalue weighted by Crippen LogP contribution is 2.48. The van der Waals surface area contributed by atoms with Gasteiger partial charge in [-0.25, -0.2) is 0 Å². The van der Waals surface area contributed by atoms with Crippen LogP contribution in [0.5, 0.6) is 0 Å². The molecular weight excluding hydrogens is 228 g/mol. The van der Waals surface area contributed by atoms with Gasteiger partial charge in [-0.15, -0.1) is 0 Å². The fourth-order valence-electron chi connectivity index (χ4n) is 2.50. The number of carbonyl (C=O) groups is 3. The molecule has 0 atom stereocenters. The summed E-state index contributed by atoms with van der Waals surface area (Å²) in [6, 6.07) is 0. The summed E-state index contributed by atoms with van der Waals surface area (Å²) < 4.78 is 0. The fraction of sp³-hybridized carbons (Fsp3) is 0.727. The molecule has 0 heterocycles. The third-order valence-corrected chi connectivity index (χ3v) is 3.79. The Bertz CT molecular complexity index is 285. The molecule has 0 aliphatic rings. The number of rotatable bonds is 7. The van der Waals surface area contributed by atoms with E-state index in [1.54, 1.807) is 20.8 Å². The average molecular weight is 246 g/mol. The summed E-state index contributed by atoms with van der Waals surface area (Å²) in [6.45, 7) is 4.82. The van der Waals surface area contributed by atoms with Crippen LogP contribution in [0.2, 0.25) is 0 Å². The van der Waals surface area contributed by atoms with Crippen LogP contribution in [0.15, 0.2) is 0 Å². The smallest absolute Gasteiger partial charge is 0.333 e. The summed E-state index contributed by atoms with van der Waals surface area (Å²) in [6.07, 6.45) is 0.515. The Hall–Kier alpha value is -1.59. The first-order valence-corrected chi connectivity index (χ1v) is 5.47. The van der Waals surface area contributed by atoms with Gasteiger partial charge in [-0.3, -0.25) is 14.4 Å². The Morgan fingerprint density at radius 3 is 1.06 bits per heavy atom. The van der Waals surface area contributed by atoms with Gasteiger partial charge in [0.1, 0.15) is 0 Å². The van der Waals surface area contributed by atoms with Crippen molar-refractivity contribution in [2.75, 3.05) is 0 Å². The molecule has 0 spiro atoms. The zero-order chi connectivity index (χ0) is 13.9. The molecule has 0 bridgehead atoms. The number of aliphatic carboxylic acids is 3. The molecule has 0 saturated carbocycles. The molecule has 0 aliphatic heterocycles. The van der Waals surface area contributed by atoms with Gasteiger partial charge in [-0.05, 0) is 19.3 Å². The third kappa shape index (κ3) is 1.87. The van der Waals surface area contributed by atoms with Crippen LogP contribution in [0.3, 0.4) is 0 Å². The molecule has 6 nitrogen and oxygen atoms in total. The van der Waals surface area contributed by atoms with E-state index in [2.05, 4.69) is 0 Å². The molecule has 17 heavy (non-hydrogen) atoms. The van der Waals surface area contributed by atoms with Gasteiger partial charge in [0.2, 0.25) is 0 Å². The van der Waals surface area contributed by atoms with Gasteiger partial charge in [-0.2, -0.15) is 0 Å². The lowest BCUT2D eigenvalue weighted by Gasteiger charge is -2.40. The van der Waals surface area contributed by atoms with E-state index in [1.807, 2.05) is 0 Å². The molecule has 0 unspecified atom stereocenters. The lowest BCUT2D eigenvalue weighted by Crippen LogP contribution is -2.58. The summed E-state index contributed by atoms with van der Waals surface area (Å²) in [5, 5.41) is 27.4. The summed E-state index contributed by atoms with van der Waals surface area (Å²) in [7, 11) is 0. The molecule has 0 aromatic heterocycles. The van der Waals surface area contributed by atoms with Gasteiger partial charge in [0.05, 0.1) is 0 Å². The zero-order valence-electron chi connectivity index (χ0n) is 10.2. The largest absolute Gasteiger partial charge is 0.480 e. The van der Waals surface area contributed by atoms with Gasteiger partial charge in [0.15, 0.2) is 0 Å². The minimum Gasteiger partial charge on any atom is -0.480 e. The summed E-state index contributed by atoms with van der Waals surface area (Å²) in [5.41, 5.74) is -4.08. The monoisotopic (exact) mass is 246 g/mol. The van der Waals surface area contributed by atoms with Crippen LogP contribution < -0.4 is 0 Å². The highest BCUT2D eigenvalue weighted by atomic mass is 16.4. The van der Waals surface area contributed by atoms with Crippen molar-refractivity contribution < 1.29 is 29.7 Å². The Balaban J connectivity index is 6.17. The maximum atomic E-state index is 11.3. The number of carboxylic acids is 3. The number of hydrogen-bond donors (Lipinski definition) is 3. The molecular formula is C11H18O6. The van der Waals surface area contributed by atoms with Gasteiger partial charge in [0.25, 0.3) is 5.41 Å². The van der Waals surface area contributed by atoms with E-state index in [0.29, 0.717) is 0 Å². The Labute approximate surface area is 99.3 Å². The summed E-state index contributed by atoms with van der Waals surface area (Å²) in [4.78, 5) is 33.8. The Kier molecular flexibility index (Phi) is 4.68. The first kappa shape index (κ1) is 15.4. The van der Waals surface area contributed by atoms with Crippen LogP contribution >= 0.6 is 0 Å². The standard InChI is InChI=1S/C11H18O6/c1-4-10(5-2,6-3)11(7(12)13,8(14)15)9(16)17/h4-6H2,1-3H3,(H,12,13)(H,14,15)(H,16,17). The molecule has 0 aromatic rings. The first-order chi connectivity index (χ1) is 7.76. The predicted octanol–water partition coefficient (Wildman–Crippen LogP) is 1.44. The van der Waals surface area contributed by atoms with Crippen LogP contribution in [0.4, 0.5) is 0 Å². The molecule has 0 rings (SSSR count).